The molecule has 8 heteroatoms. The van der Waals surface area contributed by atoms with E-state index in [4.69, 9.17) is 4.74 Å². The van der Waals surface area contributed by atoms with Crippen LogP contribution < -0.4 is 15.5 Å². The first-order chi connectivity index (χ1) is 17.0. The third-order valence-electron chi connectivity index (χ3n) is 6.14. The molecule has 3 N–H and O–H groups in total. The van der Waals surface area contributed by atoms with E-state index in [0.29, 0.717) is 29.1 Å². The average Bonchev–Trinajstić information content (AvgIpc) is 3.42. The second-order valence-corrected chi connectivity index (χ2v) is 8.33. The van der Waals surface area contributed by atoms with Gasteiger partial charge < -0.3 is 25.4 Å². The van der Waals surface area contributed by atoms with Crippen LogP contribution >= 0.6 is 0 Å². The molecule has 0 aromatic heterocycles. The molecule has 5 rings (SSSR count). The van der Waals surface area contributed by atoms with Gasteiger partial charge in [0.1, 0.15) is 6.61 Å². The number of ether oxygens (including phenoxy) is 1. The highest BCUT2D eigenvalue weighted by molar-refractivity contribution is 6.37. The molecule has 2 aliphatic heterocycles. The highest BCUT2D eigenvalue weighted by atomic mass is 16.5. The molecule has 3 aromatic carbocycles. The van der Waals surface area contributed by atoms with E-state index in [0.717, 1.165) is 28.9 Å². The second kappa shape index (κ2) is 9.08. The normalized spacial score (nSPS) is 15.3. The summed E-state index contributed by atoms with van der Waals surface area (Å²) in [5, 5.41) is 15.5. The first-order valence-electron chi connectivity index (χ1n) is 11.1. The van der Waals surface area contributed by atoms with Gasteiger partial charge in [-0.15, -0.1) is 0 Å². The number of benzene rings is 3. The van der Waals surface area contributed by atoms with Crippen LogP contribution in [0.15, 0.2) is 66.7 Å². The Labute approximate surface area is 201 Å². The van der Waals surface area contributed by atoms with E-state index in [1.807, 2.05) is 48.5 Å². The summed E-state index contributed by atoms with van der Waals surface area (Å²) < 4.78 is 4.99. The number of anilines is 3. The van der Waals surface area contributed by atoms with E-state index in [-0.39, 0.29) is 24.0 Å². The molecule has 0 fully saturated rings. The van der Waals surface area contributed by atoms with Crippen LogP contribution in [0.1, 0.15) is 27.0 Å². The number of methoxy groups -OCH3 is 1. The Bertz CT molecular complexity index is 1380. The fourth-order valence-corrected chi connectivity index (χ4v) is 4.52. The molecule has 0 saturated heterocycles. The van der Waals surface area contributed by atoms with Gasteiger partial charge in [-0.05, 0) is 47.9 Å². The maximum atomic E-state index is 13.1. The number of carboxylic acid groups (broad SMARTS) is 1. The lowest BCUT2D eigenvalue weighted by Crippen LogP contribution is -2.31. The number of aromatic carboxylic acids is 1. The molecule has 2 amide bonds. The Morgan fingerprint density at radius 2 is 1.86 bits per heavy atom. The number of rotatable bonds is 6. The van der Waals surface area contributed by atoms with Gasteiger partial charge in [-0.25, -0.2) is 4.79 Å². The molecule has 0 bridgehead atoms. The average molecular weight is 469 g/mol. The molecule has 35 heavy (non-hydrogen) atoms. The van der Waals surface area contributed by atoms with Gasteiger partial charge in [0.05, 0.1) is 22.5 Å². The number of nitrogens with zero attached hydrogens (tertiary/aromatic N) is 1. The van der Waals surface area contributed by atoms with Crippen LogP contribution in [0.4, 0.5) is 17.1 Å². The summed E-state index contributed by atoms with van der Waals surface area (Å²) in [6.45, 7) is 0.622. The van der Waals surface area contributed by atoms with Gasteiger partial charge in [-0.1, -0.05) is 36.4 Å². The number of hydrogen-bond acceptors (Lipinski definition) is 5. The summed E-state index contributed by atoms with van der Waals surface area (Å²) in [6, 6.07) is 19.9. The van der Waals surface area contributed by atoms with Crippen molar-refractivity contribution in [2.24, 2.45) is 0 Å². The predicted molar refractivity (Wildman–Crippen MR) is 133 cm³/mol. The van der Waals surface area contributed by atoms with Gasteiger partial charge in [-0.3, -0.25) is 9.59 Å². The monoisotopic (exact) mass is 469 g/mol. The quantitative estimate of drug-likeness (QED) is 0.474. The van der Waals surface area contributed by atoms with Gasteiger partial charge in [-0.2, -0.15) is 0 Å². The van der Waals surface area contributed by atoms with E-state index in [1.165, 1.54) is 19.2 Å². The third-order valence-corrected chi connectivity index (χ3v) is 6.14. The highest BCUT2D eigenvalue weighted by Crippen LogP contribution is 2.39. The van der Waals surface area contributed by atoms with Crippen LogP contribution in [0, 0.1) is 0 Å². The number of hydrogen-bond donors (Lipinski definition) is 3. The third kappa shape index (κ3) is 4.15. The van der Waals surface area contributed by atoms with Crippen molar-refractivity contribution in [2.45, 2.75) is 6.42 Å². The molecule has 8 nitrogen and oxygen atoms in total. The molecule has 176 valence electrons. The van der Waals surface area contributed by atoms with Gasteiger partial charge in [0.25, 0.3) is 11.8 Å². The molecular weight excluding hydrogens is 446 g/mol. The second-order valence-electron chi connectivity index (χ2n) is 8.33. The molecule has 0 saturated carbocycles. The summed E-state index contributed by atoms with van der Waals surface area (Å²) in [5.74, 6) is -1.46. The predicted octanol–water partition coefficient (Wildman–Crippen LogP) is 3.85. The Balaban J connectivity index is 1.56. The zero-order valence-corrected chi connectivity index (χ0v) is 19.0. The van der Waals surface area contributed by atoms with Crippen molar-refractivity contribution < 1.29 is 24.2 Å². The minimum Gasteiger partial charge on any atom is -0.478 e. The van der Waals surface area contributed by atoms with Crippen LogP contribution in [0.25, 0.3) is 11.3 Å². The topological polar surface area (TPSA) is 108 Å². The van der Waals surface area contributed by atoms with E-state index < -0.39 is 5.97 Å². The van der Waals surface area contributed by atoms with Crippen molar-refractivity contribution in [3.05, 3.63) is 89.0 Å². The molecular formula is C27H23N3O5. The smallest absolute Gasteiger partial charge is 0.335 e. The number of carboxylic acids is 1. The lowest BCUT2D eigenvalue weighted by molar-refractivity contribution is -0.122. The van der Waals surface area contributed by atoms with Crippen molar-refractivity contribution >= 4 is 46.1 Å². The number of amides is 2. The SMILES string of the molecule is COCC(=O)N1CCc2cc(N/C(=C3\C(=O)Nc4cc(C(=O)O)ccc43)c3ccccc3)ccc21. The number of carbonyl (C=O) groups is 3. The molecule has 0 unspecified atom stereocenters. The molecule has 2 heterocycles. The zero-order chi connectivity index (χ0) is 24.5. The van der Waals surface area contributed by atoms with E-state index >= 15 is 0 Å². The van der Waals surface area contributed by atoms with Gasteiger partial charge >= 0.3 is 5.97 Å². The van der Waals surface area contributed by atoms with Crippen LogP contribution in [0.3, 0.4) is 0 Å². The lowest BCUT2D eigenvalue weighted by Gasteiger charge is -2.18. The van der Waals surface area contributed by atoms with Crippen molar-refractivity contribution in [1.29, 1.82) is 0 Å². The van der Waals surface area contributed by atoms with E-state index in [1.54, 1.807) is 11.0 Å². The first kappa shape index (κ1) is 22.4. The Hall–Kier alpha value is -4.43. The molecule has 0 aliphatic carbocycles. The Morgan fingerprint density at radius 3 is 2.60 bits per heavy atom. The molecule has 0 radical (unpaired) electrons. The van der Waals surface area contributed by atoms with Crippen LogP contribution in [-0.2, 0) is 20.7 Å². The maximum Gasteiger partial charge on any atom is 0.335 e. The number of fused-ring (bicyclic) bond motifs is 2. The largest absolute Gasteiger partial charge is 0.478 e. The summed E-state index contributed by atoms with van der Waals surface area (Å²) in [6.07, 6.45) is 0.721. The molecule has 3 aromatic rings. The van der Waals surface area contributed by atoms with Crippen molar-refractivity contribution in [2.75, 3.05) is 35.8 Å². The number of nitrogens with one attached hydrogen (secondary N) is 2. The molecule has 0 atom stereocenters. The van der Waals surface area contributed by atoms with E-state index in [9.17, 15) is 19.5 Å². The Kier molecular flexibility index (Phi) is 5.80. The fourth-order valence-electron chi connectivity index (χ4n) is 4.52. The highest BCUT2D eigenvalue weighted by Gasteiger charge is 2.30. The van der Waals surface area contributed by atoms with E-state index in [2.05, 4.69) is 10.6 Å². The Morgan fingerprint density at radius 1 is 1.06 bits per heavy atom. The van der Waals surface area contributed by atoms with Crippen molar-refractivity contribution in [3.63, 3.8) is 0 Å². The summed E-state index contributed by atoms with van der Waals surface area (Å²) in [7, 11) is 1.50. The first-order valence-corrected chi connectivity index (χ1v) is 11.1. The summed E-state index contributed by atoms with van der Waals surface area (Å²) in [5.41, 5.74) is 5.70. The lowest BCUT2D eigenvalue weighted by atomic mass is 9.99. The minimum absolute atomic E-state index is 0.0296. The molecule has 0 spiro atoms. The minimum atomic E-state index is -1.06. The number of carbonyl (C=O) groups excluding carboxylic acids is 2. The van der Waals surface area contributed by atoms with Crippen molar-refractivity contribution in [1.82, 2.24) is 0 Å². The van der Waals surface area contributed by atoms with Gasteiger partial charge in [0, 0.05) is 30.6 Å². The van der Waals surface area contributed by atoms with Crippen LogP contribution in [0.5, 0.6) is 0 Å². The zero-order valence-electron chi connectivity index (χ0n) is 19.0. The maximum absolute atomic E-state index is 13.1. The van der Waals surface area contributed by atoms with Gasteiger partial charge in [0.2, 0.25) is 0 Å². The fraction of sp³-hybridized carbons (Fsp3) is 0.148. The standard InChI is InChI=1S/C27H23N3O5/c1-35-15-23(31)30-12-11-17-13-19(8-10-22(17)30)28-25(16-5-3-2-4-6-16)24-20-9-7-18(27(33)34)14-21(20)29-26(24)32/h2-10,13-14,28H,11-12,15H2,1H3,(H,29,32)(H,33,34)/b25-24-. The van der Waals surface area contributed by atoms with Crippen LogP contribution in [-0.4, -0.2) is 43.2 Å². The van der Waals surface area contributed by atoms with Crippen LogP contribution in [0.2, 0.25) is 0 Å². The summed E-state index contributed by atoms with van der Waals surface area (Å²) >= 11 is 0. The molecule has 2 aliphatic rings. The van der Waals surface area contributed by atoms with Crippen molar-refractivity contribution in [3.8, 4) is 0 Å². The van der Waals surface area contributed by atoms with Gasteiger partial charge in [0.15, 0.2) is 0 Å². The summed E-state index contributed by atoms with van der Waals surface area (Å²) in [4.78, 5) is 38.5.